The van der Waals surface area contributed by atoms with Gasteiger partial charge in [-0.1, -0.05) is 18.2 Å². The van der Waals surface area contributed by atoms with Crippen LogP contribution in [-0.2, 0) is 11.0 Å². The van der Waals surface area contributed by atoms with Gasteiger partial charge >= 0.3 is 6.18 Å². The minimum absolute atomic E-state index is 0.0923. The first-order valence-electron chi connectivity index (χ1n) is 6.73. The van der Waals surface area contributed by atoms with Crippen molar-refractivity contribution in [1.29, 1.82) is 0 Å². The first-order valence-corrected chi connectivity index (χ1v) is 6.73. The SMILES string of the molecule is CN1CCCC(C(C=O)c2cccc(C(F)(F)F)c2)C1. The van der Waals surface area contributed by atoms with Gasteiger partial charge in [-0.15, -0.1) is 0 Å². The summed E-state index contributed by atoms with van der Waals surface area (Å²) >= 11 is 0. The molecule has 2 rings (SSSR count). The van der Waals surface area contributed by atoms with Crippen molar-refractivity contribution in [3.63, 3.8) is 0 Å². The first kappa shape index (κ1) is 15.0. The molecule has 0 bridgehead atoms. The number of halogens is 3. The van der Waals surface area contributed by atoms with E-state index in [9.17, 15) is 18.0 Å². The minimum atomic E-state index is -4.37. The molecule has 1 heterocycles. The van der Waals surface area contributed by atoms with E-state index in [1.54, 1.807) is 6.07 Å². The van der Waals surface area contributed by atoms with Gasteiger partial charge in [-0.25, -0.2) is 0 Å². The quantitative estimate of drug-likeness (QED) is 0.794. The van der Waals surface area contributed by atoms with E-state index in [2.05, 4.69) is 4.90 Å². The summed E-state index contributed by atoms with van der Waals surface area (Å²) in [5, 5.41) is 0. The lowest BCUT2D eigenvalue weighted by molar-refractivity contribution is -0.137. The molecule has 1 saturated heterocycles. The lowest BCUT2D eigenvalue weighted by Crippen LogP contribution is -2.35. The third kappa shape index (κ3) is 3.39. The molecule has 1 aliphatic rings. The fourth-order valence-corrected chi connectivity index (χ4v) is 2.88. The maximum atomic E-state index is 12.7. The van der Waals surface area contributed by atoms with E-state index >= 15 is 0 Å². The number of carbonyl (C=O) groups excluding carboxylic acids is 1. The van der Waals surface area contributed by atoms with Crippen LogP contribution < -0.4 is 0 Å². The number of hydrogen-bond donors (Lipinski definition) is 0. The van der Waals surface area contributed by atoms with Crippen LogP contribution in [-0.4, -0.2) is 31.3 Å². The summed E-state index contributed by atoms with van der Waals surface area (Å²) in [6.07, 6.45) is -1.72. The van der Waals surface area contributed by atoms with Crippen molar-refractivity contribution in [3.8, 4) is 0 Å². The maximum absolute atomic E-state index is 12.7. The number of aldehydes is 1. The van der Waals surface area contributed by atoms with Gasteiger partial charge in [0, 0.05) is 12.5 Å². The fraction of sp³-hybridized carbons (Fsp3) is 0.533. The monoisotopic (exact) mass is 285 g/mol. The lowest BCUT2D eigenvalue weighted by atomic mass is 9.81. The van der Waals surface area contributed by atoms with E-state index in [1.165, 1.54) is 6.07 Å². The summed E-state index contributed by atoms with van der Waals surface area (Å²) in [6.45, 7) is 1.73. The zero-order chi connectivity index (χ0) is 14.8. The van der Waals surface area contributed by atoms with E-state index in [0.717, 1.165) is 44.4 Å². The maximum Gasteiger partial charge on any atom is 0.416 e. The van der Waals surface area contributed by atoms with Crippen LogP contribution in [0.4, 0.5) is 13.2 Å². The number of rotatable bonds is 3. The molecule has 0 spiro atoms. The van der Waals surface area contributed by atoms with Gasteiger partial charge in [0.15, 0.2) is 0 Å². The van der Waals surface area contributed by atoms with Gasteiger partial charge in [-0.05, 0) is 44.0 Å². The van der Waals surface area contributed by atoms with Crippen LogP contribution in [0, 0.1) is 5.92 Å². The van der Waals surface area contributed by atoms with E-state index in [4.69, 9.17) is 0 Å². The highest BCUT2D eigenvalue weighted by atomic mass is 19.4. The van der Waals surface area contributed by atoms with Crippen molar-refractivity contribution in [2.45, 2.75) is 24.9 Å². The van der Waals surface area contributed by atoms with Gasteiger partial charge in [-0.3, -0.25) is 0 Å². The summed E-state index contributed by atoms with van der Waals surface area (Å²) in [5.41, 5.74) is -0.221. The number of hydrogen-bond acceptors (Lipinski definition) is 2. The molecule has 0 amide bonds. The molecule has 5 heteroatoms. The molecule has 0 saturated carbocycles. The molecule has 2 nitrogen and oxygen atoms in total. The zero-order valence-corrected chi connectivity index (χ0v) is 11.4. The van der Waals surface area contributed by atoms with Gasteiger partial charge in [0.1, 0.15) is 6.29 Å². The van der Waals surface area contributed by atoms with E-state index in [0.29, 0.717) is 5.56 Å². The highest BCUT2D eigenvalue weighted by Gasteiger charge is 2.32. The van der Waals surface area contributed by atoms with Crippen LogP contribution in [0.2, 0.25) is 0 Å². The van der Waals surface area contributed by atoms with Gasteiger partial charge in [0.05, 0.1) is 5.56 Å². The number of carbonyl (C=O) groups is 1. The smallest absolute Gasteiger partial charge is 0.306 e. The van der Waals surface area contributed by atoms with Gasteiger partial charge < -0.3 is 9.69 Å². The van der Waals surface area contributed by atoms with E-state index in [1.807, 2.05) is 7.05 Å². The fourth-order valence-electron chi connectivity index (χ4n) is 2.88. The Morgan fingerprint density at radius 1 is 1.40 bits per heavy atom. The van der Waals surface area contributed by atoms with Crippen LogP contribution in [0.1, 0.15) is 29.9 Å². The van der Waals surface area contributed by atoms with Crippen molar-refractivity contribution in [3.05, 3.63) is 35.4 Å². The standard InChI is InChI=1S/C15H18F3NO/c1-19-7-3-5-12(9-19)14(10-20)11-4-2-6-13(8-11)15(16,17)18/h2,4,6,8,10,12,14H,3,5,7,9H2,1H3. The second kappa shape index (κ2) is 5.95. The average Bonchev–Trinajstić information content (AvgIpc) is 2.39. The van der Waals surface area contributed by atoms with E-state index < -0.39 is 17.7 Å². The number of piperidine rings is 1. The number of benzene rings is 1. The predicted molar refractivity (Wildman–Crippen MR) is 70.5 cm³/mol. The number of likely N-dealkylation sites (tertiary alicyclic amines) is 1. The van der Waals surface area contributed by atoms with Crippen LogP contribution >= 0.6 is 0 Å². The lowest BCUT2D eigenvalue weighted by Gasteiger charge is -2.33. The van der Waals surface area contributed by atoms with Gasteiger partial charge in [-0.2, -0.15) is 13.2 Å². The number of nitrogens with zero attached hydrogens (tertiary/aromatic N) is 1. The topological polar surface area (TPSA) is 20.3 Å². The second-order valence-corrected chi connectivity index (χ2v) is 5.45. The Labute approximate surface area is 116 Å². The van der Waals surface area contributed by atoms with Crippen LogP contribution in [0.15, 0.2) is 24.3 Å². The third-order valence-corrected chi connectivity index (χ3v) is 3.91. The van der Waals surface area contributed by atoms with Crippen molar-refractivity contribution in [1.82, 2.24) is 4.90 Å². The Balaban J connectivity index is 2.25. The summed E-state index contributed by atoms with van der Waals surface area (Å²) in [4.78, 5) is 13.5. The largest absolute Gasteiger partial charge is 0.416 e. The van der Waals surface area contributed by atoms with Gasteiger partial charge in [0.2, 0.25) is 0 Å². The van der Waals surface area contributed by atoms with Crippen molar-refractivity contribution >= 4 is 6.29 Å². The highest BCUT2D eigenvalue weighted by Crippen LogP contribution is 2.34. The highest BCUT2D eigenvalue weighted by molar-refractivity contribution is 5.63. The van der Waals surface area contributed by atoms with E-state index in [-0.39, 0.29) is 5.92 Å². The number of alkyl halides is 3. The Morgan fingerprint density at radius 3 is 2.75 bits per heavy atom. The van der Waals surface area contributed by atoms with Crippen LogP contribution in [0.5, 0.6) is 0 Å². The molecule has 0 N–H and O–H groups in total. The minimum Gasteiger partial charge on any atom is -0.306 e. The summed E-state index contributed by atoms with van der Waals surface area (Å²) in [7, 11) is 1.97. The average molecular weight is 285 g/mol. The molecule has 1 aromatic rings. The summed E-state index contributed by atoms with van der Waals surface area (Å²) in [6, 6.07) is 5.14. The molecule has 2 atom stereocenters. The Morgan fingerprint density at radius 2 is 2.15 bits per heavy atom. The Hall–Kier alpha value is -1.36. The second-order valence-electron chi connectivity index (χ2n) is 5.45. The molecule has 2 unspecified atom stereocenters. The molecular formula is C15H18F3NO. The molecule has 0 radical (unpaired) electrons. The van der Waals surface area contributed by atoms with Crippen molar-refractivity contribution in [2.24, 2.45) is 5.92 Å². The summed E-state index contributed by atoms with van der Waals surface area (Å²) in [5.74, 6) is -0.366. The van der Waals surface area contributed by atoms with Crippen LogP contribution in [0.3, 0.4) is 0 Å². The third-order valence-electron chi connectivity index (χ3n) is 3.91. The van der Waals surface area contributed by atoms with Crippen molar-refractivity contribution < 1.29 is 18.0 Å². The van der Waals surface area contributed by atoms with Crippen LogP contribution in [0.25, 0.3) is 0 Å². The molecular weight excluding hydrogens is 267 g/mol. The molecule has 1 aliphatic heterocycles. The Bertz CT molecular complexity index is 472. The molecule has 110 valence electrons. The molecule has 1 aromatic carbocycles. The predicted octanol–water partition coefficient (Wildman–Crippen LogP) is 3.33. The Kier molecular flexibility index (Phi) is 4.48. The summed E-state index contributed by atoms with van der Waals surface area (Å²) < 4.78 is 38.2. The molecule has 20 heavy (non-hydrogen) atoms. The molecule has 0 aromatic heterocycles. The van der Waals surface area contributed by atoms with Gasteiger partial charge in [0.25, 0.3) is 0 Å². The van der Waals surface area contributed by atoms with Crippen molar-refractivity contribution in [2.75, 3.05) is 20.1 Å². The molecule has 0 aliphatic carbocycles. The first-order chi connectivity index (χ1) is 9.41. The zero-order valence-electron chi connectivity index (χ0n) is 11.4. The molecule has 1 fully saturated rings. The normalized spacial score (nSPS) is 22.5.